The van der Waals surface area contributed by atoms with Crippen LogP contribution >= 0.6 is 0 Å². The monoisotopic (exact) mass is 364 g/mol. The van der Waals surface area contributed by atoms with Crippen molar-refractivity contribution in [3.63, 3.8) is 0 Å². The summed E-state index contributed by atoms with van der Waals surface area (Å²) in [6, 6.07) is 9.71. The Morgan fingerprint density at radius 1 is 1.33 bits per heavy atom. The van der Waals surface area contributed by atoms with Crippen LogP contribution in [-0.2, 0) is 7.05 Å². The summed E-state index contributed by atoms with van der Waals surface area (Å²) >= 11 is 0. The molecule has 1 N–H and O–H groups in total. The van der Waals surface area contributed by atoms with E-state index < -0.39 is 0 Å². The number of carbonyl (C=O) groups is 1. The van der Waals surface area contributed by atoms with E-state index in [1.54, 1.807) is 18.0 Å². The van der Waals surface area contributed by atoms with E-state index in [4.69, 9.17) is 9.72 Å². The van der Waals surface area contributed by atoms with E-state index in [1.165, 1.54) is 0 Å². The van der Waals surface area contributed by atoms with Crippen molar-refractivity contribution in [2.24, 2.45) is 7.05 Å². The molecule has 2 heterocycles. The first kappa shape index (κ1) is 17.5. The number of hydrogen-bond acceptors (Lipinski definition) is 4. The Kier molecular flexibility index (Phi) is 4.56. The Balaban J connectivity index is 1.65. The minimum atomic E-state index is -0.0834. The highest BCUT2D eigenvalue weighted by atomic mass is 16.5. The summed E-state index contributed by atoms with van der Waals surface area (Å²) in [6.07, 6.45) is 4.80. The molecule has 0 saturated heterocycles. The first-order valence-electron chi connectivity index (χ1n) is 9.38. The molecule has 1 atom stereocenters. The Morgan fingerprint density at radius 3 is 2.70 bits per heavy atom. The molecular formula is C21H24N4O2. The second-order valence-electron chi connectivity index (χ2n) is 7.08. The zero-order chi connectivity index (χ0) is 19.0. The number of fused-ring (bicyclic) bond motifs is 1. The Bertz CT molecular complexity index is 974. The predicted octanol–water partition coefficient (Wildman–Crippen LogP) is 3.74. The fourth-order valence-corrected chi connectivity index (χ4v) is 3.40. The van der Waals surface area contributed by atoms with Gasteiger partial charge < -0.3 is 10.1 Å². The van der Waals surface area contributed by atoms with Crippen molar-refractivity contribution in [3.05, 3.63) is 53.3 Å². The summed E-state index contributed by atoms with van der Waals surface area (Å²) in [4.78, 5) is 17.9. The number of nitrogens with zero attached hydrogens (tertiary/aromatic N) is 3. The Labute approximate surface area is 158 Å². The molecule has 1 aromatic carbocycles. The van der Waals surface area contributed by atoms with Gasteiger partial charge in [0.1, 0.15) is 5.75 Å². The Morgan fingerprint density at radius 2 is 2.07 bits per heavy atom. The molecule has 2 aromatic heterocycles. The highest BCUT2D eigenvalue weighted by molar-refractivity contribution is 6.05. The fourth-order valence-electron chi connectivity index (χ4n) is 3.40. The van der Waals surface area contributed by atoms with Gasteiger partial charge in [0, 0.05) is 18.7 Å². The lowest BCUT2D eigenvalue weighted by atomic mass is 10.0. The van der Waals surface area contributed by atoms with Gasteiger partial charge in [-0.05, 0) is 43.0 Å². The highest BCUT2D eigenvalue weighted by Gasteiger charge is 2.28. The number of carbonyl (C=O) groups excluding carboxylic acids is 1. The minimum absolute atomic E-state index is 0.0623. The lowest BCUT2D eigenvalue weighted by Crippen LogP contribution is -2.28. The largest absolute Gasteiger partial charge is 0.497 e. The second kappa shape index (κ2) is 7.02. The number of hydrogen-bond donors (Lipinski definition) is 1. The van der Waals surface area contributed by atoms with Gasteiger partial charge in [0.25, 0.3) is 5.91 Å². The van der Waals surface area contributed by atoms with Crippen LogP contribution in [0.25, 0.3) is 11.0 Å². The summed E-state index contributed by atoms with van der Waals surface area (Å²) in [7, 11) is 3.51. The summed E-state index contributed by atoms with van der Waals surface area (Å²) in [5, 5.41) is 8.27. The third-order valence-electron chi connectivity index (χ3n) is 5.20. The number of rotatable bonds is 6. The summed E-state index contributed by atoms with van der Waals surface area (Å²) in [6.45, 7) is 2.07. The standard InChI is InChI=1S/C21H24N4O2/c1-4-18(13-7-9-15(27-3)10-8-13)24-21(26)16-11-19(14-5-6-14)23-20-17(16)12-22-25(20)2/h7-12,14,18H,4-6H2,1-3H3,(H,24,26)/t18-/m1/s1. The van der Waals surface area contributed by atoms with Crippen LogP contribution in [0.3, 0.4) is 0 Å². The first-order valence-corrected chi connectivity index (χ1v) is 9.38. The van der Waals surface area contributed by atoms with E-state index in [-0.39, 0.29) is 11.9 Å². The molecule has 140 valence electrons. The molecule has 1 fully saturated rings. The van der Waals surface area contributed by atoms with Crippen LogP contribution in [0.5, 0.6) is 5.75 Å². The van der Waals surface area contributed by atoms with Crippen molar-refractivity contribution in [3.8, 4) is 5.75 Å². The number of aromatic nitrogens is 3. The van der Waals surface area contributed by atoms with Crippen LogP contribution in [0.1, 0.15) is 59.8 Å². The van der Waals surface area contributed by atoms with Gasteiger partial charge in [-0.1, -0.05) is 19.1 Å². The lowest BCUT2D eigenvalue weighted by Gasteiger charge is -2.18. The van der Waals surface area contributed by atoms with Crippen molar-refractivity contribution in [2.45, 2.75) is 38.1 Å². The molecule has 6 heteroatoms. The molecule has 1 aliphatic carbocycles. The van der Waals surface area contributed by atoms with E-state index in [9.17, 15) is 4.79 Å². The topological polar surface area (TPSA) is 69.0 Å². The zero-order valence-corrected chi connectivity index (χ0v) is 15.9. The molecule has 0 spiro atoms. The maximum absolute atomic E-state index is 13.1. The van der Waals surface area contributed by atoms with Crippen LogP contribution in [0.4, 0.5) is 0 Å². The molecule has 0 radical (unpaired) electrons. The van der Waals surface area contributed by atoms with E-state index in [2.05, 4.69) is 17.3 Å². The van der Waals surface area contributed by atoms with Crippen molar-refractivity contribution in [1.29, 1.82) is 0 Å². The molecule has 3 aromatic rings. The number of amides is 1. The summed E-state index contributed by atoms with van der Waals surface area (Å²) in [5.74, 6) is 1.19. The molecule has 0 unspecified atom stereocenters. The van der Waals surface area contributed by atoms with E-state index in [0.29, 0.717) is 11.5 Å². The van der Waals surface area contributed by atoms with Gasteiger partial charge in [-0.25, -0.2) is 4.98 Å². The van der Waals surface area contributed by atoms with E-state index in [1.807, 2.05) is 37.4 Å². The van der Waals surface area contributed by atoms with Crippen molar-refractivity contribution in [2.75, 3.05) is 7.11 Å². The minimum Gasteiger partial charge on any atom is -0.497 e. The maximum Gasteiger partial charge on any atom is 0.252 e. The van der Waals surface area contributed by atoms with Gasteiger partial charge in [-0.3, -0.25) is 9.48 Å². The van der Waals surface area contributed by atoms with Gasteiger partial charge in [0.05, 0.1) is 30.3 Å². The predicted molar refractivity (Wildman–Crippen MR) is 104 cm³/mol. The van der Waals surface area contributed by atoms with Crippen LogP contribution in [0.2, 0.25) is 0 Å². The highest BCUT2D eigenvalue weighted by Crippen LogP contribution is 2.40. The van der Waals surface area contributed by atoms with Gasteiger partial charge in [-0.15, -0.1) is 0 Å². The van der Waals surface area contributed by atoms with Gasteiger partial charge >= 0.3 is 0 Å². The number of pyridine rings is 1. The zero-order valence-electron chi connectivity index (χ0n) is 15.9. The number of aryl methyl sites for hydroxylation is 1. The average molecular weight is 364 g/mol. The lowest BCUT2D eigenvalue weighted by molar-refractivity contribution is 0.0937. The van der Waals surface area contributed by atoms with Crippen molar-refractivity contribution >= 4 is 16.9 Å². The average Bonchev–Trinajstić information content (AvgIpc) is 3.49. The van der Waals surface area contributed by atoms with Gasteiger partial charge in [0.15, 0.2) is 5.65 Å². The summed E-state index contributed by atoms with van der Waals surface area (Å²) in [5.41, 5.74) is 3.48. The van der Waals surface area contributed by atoms with Crippen LogP contribution in [-0.4, -0.2) is 27.8 Å². The van der Waals surface area contributed by atoms with Crippen LogP contribution in [0.15, 0.2) is 36.5 Å². The number of methoxy groups -OCH3 is 1. The molecule has 1 amide bonds. The molecule has 1 aliphatic rings. The third kappa shape index (κ3) is 3.39. The molecule has 1 saturated carbocycles. The SMILES string of the molecule is CC[C@@H](NC(=O)c1cc(C2CC2)nc2c1cnn2C)c1ccc(OC)cc1. The van der Waals surface area contributed by atoms with Crippen molar-refractivity contribution in [1.82, 2.24) is 20.1 Å². The van der Waals surface area contributed by atoms with Gasteiger partial charge in [-0.2, -0.15) is 5.10 Å². The molecule has 27 heavy (non-hydrogen) atoms. The quantitative estimate of drug-likeness (QED) is 0.723. The molecule has 0 bridgehead atoms. The number of benzene rings is 1. The smallest absolute Gasteiger partial charge is 0.252 e. The van der Waals surface area contributed by atoms with E-state index >= 15 is 0 Å². The van der Waals surface area contributed by atoms with Crippen LogP contribution < -0.4 is 10.1 Å². The molecule has 6 nitrogen and oxygen atoms in total. The Hall–Kier alpha value is -2.89. The maximum atomic E-state index is 13.1. The second-order valence-corrected chi connectivity index (χ2v) is 7.08. The number of ether oxygens (including phenoxy) is 1. The summed E-state index contributed by atoms with van der Waals surface area (Å²) < 4.78 is 6.96. The normalized spacial score (nSPS) is 14.9. The third-order valence-corrected chi connectivity index (χ3v) is 5.20. The van der Waals surface area contributed by atoms with Gasteiger partial charge in [0.2, 0.25) is 0 Å². The van der Waals surface area contributed by atoms with Crippen molar-refractivity contribution < 1.29 is 9.53 Å². The first-order chi connectivity index (χ1) is 13.1. The van der Waals surface area contributed by atoms with Crippen LogP contribution in [0, 0.1) is 0 Å². The van der Waals surface area contributed by atoms with E-state index in [0.717, 1.165) is 47.3 Å². The fraction of sp³-hybridized carbons (Fsp3) is 0.381. The molecular weight excluding hydrogens is 340 g/mol. The molecule has 4 rings (SSSR count). The molecule has 0 aliphatic heterocycles. The number of nitrogens with one attached hydrogen (secondary N) is 1.